The fraction of sp³-hybridized carbons (Fsp3) is 0.645. The first-order valence-corrected chi connectivity index (χ1v) is 15.3. The number of likely N-dealkylation sites (tertiary alicyclic amines) is 1. The minimum absolute atomic E-state index is 0.0617. The Morgan fingerprint density at radius 3 is 2.40 bits per heavy atom. The summed E-state index contributed by atoms with van der Waals surface area (Å²) in [5.41, 5.74) is -0.339. The van der Waals surface area contributed by atoms with Crippen LogP contribution in [-0.2, 0) is 33.0 Å². The van der Waals surface area contributed by atoms with E-state index in [1.807, 2.05) is 0 Å². The maximum Gasteiger partial charge on any atom is 0.451 e. The largest absolute Gasteiger partial charge is 0.451 e. The van der Waals surface area contributed by atoms with Crippen LogP contribution in [0.1, 0.15) is 84.2 Å². The lowest BCUT2D eigenvalue weighted by Gasteiger charge is -2.38. The van der Waals surface area contributed by atoms with Crippen LogP contribution in [0.5, 0.6) is 0 Å². The average Bonchev–Trinajstić information content (AvgIpc) is 3.03. The van der Waals surface area contributed by atoms with E-state index in [1.54, 1.807) is 7.11 Å². The molecule has 1 N–H and O–H groups in total. The molecule has 1 aromatic heterocycles. The first-order valence-electron chi connectivity index (χ1n) is 15.3. The number of nitrogens with zero attached hydrogens (tertiary/aromatic N) is 3. The highest BCUT2D eigenvalue weighted by molar-refractivity contribution is 5.92. The van der Waals surface area contributed by atoms with Crippen molar-refractivity contribution in [3.05, 3.63) is 58.7 Å². The predicted octanol–water partition coefficient (Wildman–Crippen LogP) is 5.76. The van der Waals surface area contributed by atoms with Crippen LogP contribution in [0.2, 0.25) is 0 Å². The molecule has 45 heavy (non-hydrogen) atoms. The van der Waals surface area contributed by atoms with Gasteiger partial charge in [0.25, 0.3) is 5.91 Å². The number of aryl methyl sites for hydroxylation is 1. The van der Waals surface area contributed by atoms with Gasteiger partial charge in [0.2, 0.25) is 5.82 Å². The number of halogens is 6. The molecule has 4 heterocycles. The van der Waals surface area contributed by atoms with Gasteiger partial charge in [-0.1, -0.05) is 12.1 Å². The molecule has 0 saturated carbocycles. The zero-order chi connectivity index (χ0) is 32.2. The molecule has 14 heteroatoms. The number of ether oxygens (including phenoxy) is 3. The van der Waals surface area contributed by atoms with Crippen LogP contribution in [0.15, 0.2) is 30.3 Å². The van der Waals surface area contributed by atoms with Crippen molar-refractivity contribution in [1.82, 2.24) is 20.2 Å². The van der Waals surface area contributed by atoms with Gasteiger partial charge in [0.1, 0.15) is 5.69 Å². The van der Waals surface area contributed by atoms with Gasteiger partial charge in [-0.15, -0.1) is 0 Å². The van der Waals surface area contributed by atoms with Crippen molar-refractivity contribution in [3.63, 3.8) is 0 Å². The number of hydrogen-bond acceptors (Lipinski definition) is 7. The molecule has 3 fully saturated rings. The van der Waals surface area contributed by atoms with E-state index in [0.717, 1.165) is 25.0 Å². The Morgan fingerprint density at radius 2 is 1.73 bits per heavy atom. The molecule has 3 aliphatic rings. The van der Waals surface area contributed by atoms with Crippen LogP contribution >= 0.6 is 0 Å². The molecular weight excluding hydrogens is 606 g/mol. The van der Waals surface area contributed by atoms with Gasteiger partial charge in [0, 0.05) is 44.6 Å². The van der Waals surface area contributed by atoms with Crippen molar-refractivity contribution < 1.29 is 45.3 Å². The fourth-order valence-electron chi connectivity index (χ4n) is 6.26. The Kier molecular flexibility index (Phi) is 10.7. The topological polar surface area (TPSA) is 85.8 Å². The number of carbonyl (C=O) groups is 1. The van der Waals surface area contributed by atoms with Crippen molar-refractivity contribution in [3.8, 4) is 0 Å². The van der Waals surface area contributed by atoms with E-state index in [4.69, 9.17) is 14.2 Å². The Hall–Kier alpha value is -2.81. The maximum absolute atomic E-state index is 13.8. The van der Waals surface area contributed by atoms with E-state index in [0.29, 0.717) is 64.0 Å². The summed E-state index contributed by atoms with van der Waals surface area (Å²) in [4.78, 5) is 22.2. The van der Waals surface area contributed by atoms with E-state index in [1.165, 1.54) is 23.1 Å². The zero-order valence-corrected chi connectivity index (χ0v) is 25.0. The Bertz CT molecular complexity index is 1280. The van der Waals surface area contributed by atoms with Gasteiger partial charge in [0.15, 0.2) is 0 Å². The Morgan fingerprint density at radius 1 is 1.00 bits per heavy atom. The molecule has 4 atom stereocenters. The summed E-state index contributed by atoms with van der Waals surface area (Å²) in [6.07, 6.45) is -5.49. The Balaban J connectivity index is 1.20. The number of benzene rings is 1. The molecule has 3 aliphatic heterocycles. The number of piperidine rings is 1. The first kappa shape index (κ1) is 33.6. The summed E-state index contributed by atoms with van der Waals surface area (Å²) in [6.45, 7) is 1.90. The summed E-state index contributed by atoms with van der Waals surface area (Å²) in [5.74, 6) is -1.93. The lowest BCUT2D eigenvalue weighted by Crippen LogP contribution is -2.54. The molecule has 0 unspecified atom stereocenters. The van der Waals surface area contributed by atoms with Crippen LogP contribution < -0.4 is 5.32 Å². The summed E-state index contributed by atoms with van der Waals surface area (Å²) in [5, 5.41) is 3.59. The van der Waals surface area contributed by atoms with Crippen LogP contribution in [-0.4, -0.2) is 78.5 Å². The highest BCUT2D eigenvalue weighted by Gasteiger charge is 2.37. The van der Waals surface area contributed by atoms with Gasteiger partial charge in [0.05, 0.1) is 30.5 Å². The minimum Gasteiger partial charge on any atom is -0.379 e. The number of hydrogen-bond donors (Lipinski definition) is 1. The Labute approximate surface area is 257 Å². The van der Waals surface area contributed by atoms with E-state index in [9.17, 15) is 31.1 Å². The van der Waals surface area contributed by atoms with E-state index in [2.05, 4.69) is 15.3 Å². The third-order valence-corrected chi connectivity index (χ3v) is 8.77. The highest BCUT2D eigenvalue weighted by Crippen LogP contribution is 2.35. The third-order valence-electron chi connectivity index (χ3n) is 8.77. The molecule has 1 amide bonds. The second-order valence-electron chi connectivity index (χ2n) is 11.9. The van der Waals surface area contributed by atoms with Crippen LogP contribution in [0, 0.1) is 0 Å². The molecule has 1 aromatic carbocycles. The van der Waals surface area contributed by atoms with E-state index >= 15 is 0 Å². The van der Waals surface area contributed by atoms with Gasteiger partial charge < -0.3 is 24.4 Å². The standard InChI is InChI=1S/C31H38F6N4O4/c1-43-27-18-44-16-13-24(27)38-21-11-14-41(15-12-21)28(42)25-17-22(39-29(40-25)31(35,36)37)9-10-23-3-2-4-26(45-23)19-5-7-20(8-6-19)30(32,33)34/h5-8,17,21,23-24,26-27,38H,2-4,9-16,18H2,1H3/t23-,24+,26+,27-/m1/s1. The van der Waals surface area contributed by atoms with Gasteiger partial charge in [-0.3, -0.25) is 4.79 Å². The lowest BCUT2D eigenvalue weighted by molar-refractivity contribution is -0.145. The molecule has 248 valence electrons. The molecule has 0 radical (unpaired) electrons. The second kappa shape index (κ2) is 14.3. The monoisotopic (exact) mass is 644 g/mol. The summed E-state index contributed by atoms with van der Waals surface area (Å²) in [7, 11) is 1.64. The highest BCUT2D eigenvalue weighted by atomic mass is 19.4. The second-order valence-corrected chi connectivity index (χ2v) is 11.9. The van der Waals surface area contributed by atoms with Gasteiger partial charge in [-0.05, 0) is 75.1 Å². The third kappa shape index (κ3) is 8.72. The molecule has 3 saturated heterocycles. The van der Waals surface area contributed by atoms with Crippen molar-refractivity contribution in [2.75, 3.05) is 33.4 Å². The maximum atomic E-state index is 13.8. The molecular formula is C31H38F6N4O4. The van der Waals surface area contributed by atoms with Crippen molar-refractivity contribution in [2.45, 2.75) is 94.1 Å². The van der Waals surface area contributed by atoms with Crippen molar-refractivity contribution in [2.24, 2.45) is 0 Å². The quantitative estimate of drug-likeness (QED) is 0.366. The smallest absolute Gasteiger partial charge is 0.379 e. The van der Waals surface area contributed by atoms with E-state index in [-0.39, 0.29) is 42.1 Å². The average molecular weight is 645 g/mol. The summed E-state index contributed by atoms with van der Waals surface area (Å²) in [6, 6.07) is 6.42. The molecule has 5 rings (SSSR count). The van der Waals surface area contributed by atoms with Crippen molar-refractivity contribution in [1.29, 1.82) is 0 Å². The van der Waals surface area contributed by atoms with Crippen LogP contribution in [0.25, 0.3) is 0 Å². The van der Waals surface area contributed by atoms with Crippen molar-refractivity contribution >= 4 is 5.91 Å². The van der Waals surface area contributed by atoms with Gasteiger partial charge in [-0.25, -0.2) is 9.97 Å². The predicted molar refractivity (Wildman–Crippen MR) is 150 cm³/mol. The molecule has 0 spiro atoms. The van der Waals surface area contributed by atoms with Crippen LogP contribution in [0.3, 0.4) is 0 Å². The first-order chi connectivity index (χ1) is 21.4. The van der Waals surface area contributed by atoms with Crippen LogP contribution in [0.4, 0.5) is 26.3 Å². The molecule has 2 aromatic rings. The number of amides is 1. The zero-order valence-electron chi connectivity index (χ0n) is 25.0. The van der Waals surface area contributed by atoms with Gasteiger partial charge in [-0.2, -0.15) is 26.3 Å². The number of methoxy groups -OCH3 is 1. The number of rotatable bonds is 8. The number of aromatic nitrogens is 2. The minimum atomic E-state index is -4.83. The summed E-state index contributed by atoms with van der Waals surface area (Å²) < 4.78 is 97.2. The summed E-state index contributed by atoms with van der Waals surface area (Å²) >= 11 is 0. The lowest BCUT2D eigenvalue weighted by atomic mass is 9.95. The number of nitrogens with one attached hydrogen (secondary N) is 1. The van der Waals surface area contributed by atoms with E-state index < -0.39 is 35.8 Å². The number of alkyl halides is 6. The fourth-order valence-corrected chi connectivity index (χ4v) is 6.26. The molecule has 0 bridgehead atoms. The molecule has 8 nitrogen and oxygen atoms in total. The number of carbonyl (C=O) groups excluding carboxylic acids is 1. The van der Waals surface area contributed by atoms with Gasteiger partial charge >= 0.3 is 12.4 Å². The normalized spacial score (nSPS) is 25.4. The SMILES string of the molecule is CO[C@@H]1COCC[C@@H]1NC1CCN(C(=O)c2cc(CC[C@H]3CCC[C@@H](c4ccc(C(F)(F)F)cc4)O3)nc(C(F)(F)F)n2)CC1. The molecule has 0 aliphatic carbocycles.